The number of hydrogen-bond acceptors (Lipinski definition) is 2. The van der Waals surface area contributed by atoms with Crippen molar-refractivity contribution in [2.75, 3.05) is 13.2 Å². The van der Waals surface area contributed by atoms with Gasteiger partial charge in [0, 0.05) is 19.7 Å². The molecule has 0 aromatic heterocycles. The molecule has 0 saturated carbocycles. The Morgan fingerprint density at radius 2 is 2.19 bits per heavy atom. The summed E-state index contributed by atoms with van der Waals surface area (Å²) in [5.74, 6) is -0.319. The van der Waals surface area contributed by atoms with Crippen molar-refractivity contribution < 1.29 is 14.3 Å². The van der Waals surface area contributed by atoms with Crippen LogP contribution in [0.1, 0.15) is 12.0 Å². The molecule has 1 aromatic rings. The number of nitrogens with one attached hydrogen (secondary N) is 2. The van der Waals surface area contributed by atoms with Gasteiger partial charge in [0.15, 0.2) is 0 Å². The molecule has 0 unspecified atom stereocenters. The number of rotatable bonds is 5. The molecule has 1 aromatic carbocycles. The van der Waals surface area contributed by atoms with Crippen LogP contribution < -0.4 is 10.6 Å². The second-order valence-corrected chi connectivity index (χ2v) is 3.32. The lowest BCUT2D eigenvalue weighted by Gasteiger charge is -2.06. The highest BCUT2D eigenvalue weighted by molar-refractivity contribution is 5.73. The monoisotopic (exact) mass is 226 g/mol. The van der Waals surface area contributed by atoms with Gasteiger partial charge in [-0.05, 0) is 24.1 Å². The molecule has 0 aliphatic rings. The third kappa shape index (κ3) is 4.75. The summed E-state index contributed by atoms with van der Waals surface area (Å²) < 4.78 is 12.8. The highest BCUT2D eigenvalue weighted by atomic mass is 19.1. The van der Waals surface area contributed by atoms with Crippen LogP contribution in [0.15, 0.2) is 24.3 Å². The molecule has 0 saturated heterocycles. The molecule has 88 valence electrons. The van der Waals surface area contributed by atoms with Crippen LogP contribution >= 0.6 is 0 Å². The smallest absolute Gasteiger partial charge is 0.315 e. The summed E-state index contributed by atoms with van der Waals surface area (Å²) in [5.41, 5.74) is 0.706. The molecule has 0 aliphatic heterocycles. The maximum atomic E-state index is 12.8. The maximum absolute atomic E-state index is 12.8. The lowest BCUT2D eigenvalue weighted by Crippen LogP contribution is -2.35. The Hall–Kier alpha value is -1.62. The number of urea groups is 1. The molecular weight excluding hydrogens is 211 g/mol. The summed E-state index contributed by atoms with van der Waals surface area (Å²) in [6.07, 6.45) is 0.521. The van der Waals surface area contributed by atoms with Crippen LogP contribution in [0.25, 0.3) is 0 Å². The fourth-order valence-corrected chi connectivity index (χ4v) is 1.17. The predicted octanol–water partition coefficient (Wildman–Crippen LogP) is 1.01. The van der Waals surface area contributed by atoms with Gasteiger partial charge in [-0.2, -0.15) is 0 Å². The van der Waals surface area contributed by atoms with Gasteiger partial charge in [-0.3, -0.25) is 0 Å². The van der Waals surface area contributed by atoms with Gasteiger partial charge in [0.1, 0.15) is 5.82 Å². The summed E-state index contributed by atoms with van der Waals surface area (Å²) in [6.45, 7) is 0.748. The zero-order valence-electron chi connectivity index (χ0n) is 8.87. The number of carbonyl (C=O) groups is 1. The average Bonchev–Trinajstić information content (AvgIpc) is 2.27. The molecule has 4 nitrogen and oxygen atoms in total. The van der Waals surface area contributed by atoms with E-state index in [1.165, 1.54) is 12.1 Å². The fraction of sp³-hybridized carbons (Fsp3) is 0.364. The number of aliphatic hydroxyl groups excluding tert-OH is 1. The van der Waals surface area contributed by atoms with E-state index in [9.17, 15) is 9.18 Å². The Morgan fingerprint density at radius 1 is 1.38 bits per heavy atom. The molecule has 0 aliphatic carbocycles. The predicted molar refractivity (Wildman–Crippen MR) is 58.3 cm³/mol. The first-order valence-corrected chi connectivity index (χ1v) is 5.09. The second-order valence-electron chi connectivity index (χ2n) is 3.32. The van der Waals surface area contributed by atoms with Crippen LogP contribution in [0.2, 0.25) is 0 Å². The van der Waals surface area contributed by atoms with E-state index in [0.717, 1.165) is 0 Å². The number of aliphatic hydroxyl groups is 1. The normalized spacial score (nSPS) is 9.88. The van der Waals surface area contributed by atoms with Gasteiger partial charge in [0.25, 0.3) is 0 Å². The van der Waals surface area contributed by atoms with Crippen molar-refractivity contribution in [1.82, 2.24) is 10.6 Å². The zero-order valence-corrected chi connectivity index (χ0v) is 8.87. The van der Waals surface area contributed by atoms with Crippen LogP contribution in [-0.4, -0.2) is 24.3 Å². The highest BCUT2D eigenvalue weighted by Gasteiger charge is 2.00. The first-order valence-electron chi connectivity index (χ1n) is 5.09. The minimum Gasteiger partial charge on any atom is -0.396 e. The second kappa shape index (κ2) is 6.79. The molecule has 0 fully saturated rings. The van der Waals surface area contributed by atoms with E-state index in [4.69, 9.17) is 5.11 Å². The van der Waals surface area contributed by atoms with Gasteiger partial charge in [0.05, 0.1) is 0 Å². The Morgan fingerprint density at radius 3 is 2.88 bits per heavy atom. The van der Waals surface area contributed by atoms with E-state index in [2.05, 4.69) is 10.6 Å². The molecule has 0 radical (unpaired) electrons. The number of amides is 2. The topological polar surface area (TPSA) is 61.4 Å². The van der Waals surface area contributed by atoms with Gasteiger partial charge in [-0.25, -0.2) is 9.18 Å². The van der Waals surface area contributed by atoms with Crippen LogP contribution in [0.5, 0.6) is 0 Å². The van der Waals surface area contributed by atoms with Crippen LogP contribution in [0.4, 0.5) is 9.18 Å². The van der Waals surface area contributed by atoms with E-state index in [0.29, 0.717) is 18.5 Å². The minimum atomic E-state index is -0.322. The first-order chi connectivity index (χ1) is 7.72. The Balaban J connectivity index is 2.26. The summed E-state index contributed by atoms with van der Waals surface area (Å²) in [5, 5.41) is 13.7. The summed E-state index contributed by atoms with van der Waals surface area (Å²) >= 11 is 0. The number of carbonyl (C=O) groups excluding carboxylic acids is 1. The largest absolute Gasteiger partial charge is 0.396 e. The van der Waals surface area contributed by atoms with Gasteiger partial charge in [-0.15, -0.1) is 0 Å². The van der Waals surface area contributed by atoms with Crippen molar-refractivity contribution in [2.24, 2.45) is 0 Å². The first kappa shape index (κ1) is 12.4. The Bertz CT molecular complexity index is 345. The Kier molecular flexibility index (Phi) is 5.28. The average molecular weight is 226 g/mol. The van der Waals surface area contributed by atoms with Crippen molar-refractivity contribution in [3.05, 3.63) is 35.6 Å². The molecule has 16 heavy (non-hydrogen) atoms. The van der Waals surface area contributed by atoms with E-state index in [-0.39, 0.29) is 25.0 Å². The van der Waals surface area contributed by atoms with E-state index < -0.39 is 0 Å². The standard InChI is InChI=1S/C11H15FN2O2/c12-10-4-1-3-9(7-10)8-14-11(16)13-5-2-6-15/h1,3-4,7,15H,2,5-6,8H2,(H2,13,14,16). The minimum absolute atomic E-state index is 0.0458. The number of hydrogen-bond donors (Lipinski definition) is 3. The van der Waals surface area contributed by atoms with E-state index in [1.807, 2.05) is 0 Å². The van der Waals surface area contributed by atoms with Gasteiger partial charge in [-0.1, -0.05) is 12.1 Å². The summed E-state index contributed by atoms with van der Waals surface area (Å²) in [4.78, 5) is 11.2. The number of benzene rings is 1. The lowest BCUT2D eigenvalue weighted by molar-refractivity contribution is 0.237. The van der Waals surface area contributed by atoms with E-state index in [1.54, 1.807) is 12.1 Å². The molecule has 0 atom stereocenters. The van der Waals surface area contributed by atoms with Crippen molar-refractivity contribution in [2.45, 2.75) is 13.0 Å². The van der Waals surface area contributed by atoms with Crippen molar-refractivity contribution >= 4 is 6.03 Å². The molecule has 0 bridgehead atoms. The van der Waals surface area contributed by atoms with E-state index >= 15 is 0 Å². The fourth-order valence-electron chi connectivity index (χ4n) is 1.17. The summed E-state index contributed by atoms with van der Waals surface area (Å²) in [7, 11) is 0. The van der Waals surface area contributed by atoms with Gasteiger partial charge >= 0.3 is 6.03 Å². The van der Waals surface area contributed by atoms with Crippen molar-refractivity contribution in [1.29, 1.82) is 0 Å². The van der Waals surface area contributed by atoms with Crippen LogP contribution in [0.3, 0.4) is 0 Å². The maximum Gasteiger partial charge on any atom is 0.315 e. The summed E-state index contributed by atoms with van der Waals surface area (Å²) in [6, 6.07) is 5.73. The molecular formula is C11H15FN2O2. The third-order valence-electron chi connectivity index (χ3n) is 1.96. The molecule has 0 heterocycles. The quantitative estimate of drug-likeness (QED) is 0.656. The van der Waals surface area contributed by atoms with Gasteiger partial charge < -0.3 is 15.7 Å². The van der Waals surface area contributed by atoms with Crippen molar-refractivity contribution in [3.8, 4) is 0 Å². The lowest BCUT2D eigenvalue weighted by atomic mass is 10.2. The van der Waals surface area contributed by atoms with Crippen LogP contribution in [-0.2, 0) is 6.54 Å². The highest BCUT2D eigenvalue weighted by Crippen LogP contribution is 2.02. The SMILES string of the molecule is O=C(NCCCO)NCc1cccc(F)c1. The van der Waals surface area contributed by atoms with Crippen LogP contribution in [0, 0.1) is 5.82 Å². The Labute approximate surface area is 93.5 Å². The molecule has 5 heteroatoms. The molecule has 1 rings (SSSR count). The number of halogens is 1. The zero-order chi connectivity index (χ0) is 11.8. The van der Waals surface area contributed by atoms with Gasteiger partial charge in [0.2, 0.25) is 0 Å². The van der Waals surface area contributed by atoms with Crippen molar-refractivity contribution in [3.63, 3.8) is 0 Å². The molecule has 3 N–H and O–H groups in total. The molecule has 0 spiro atoms. The third-order valence-corrected chi connectivity index (χ3v) is 1.96. The molecule has 2 amide bonds.